The molecule has 0 saturated heterocycles. The van der Waals surface area contributed by atoms with Crippen molar-refractivity contribution >= 4 is 5.69 Å². The van der Waals surface area contributed by atoms with Crippen molar-refractivity contribution in [3.05, 3.63) is 29.6 Å². The molecule has 0 aromatic heterocycles. The van der Waals surface area contributed by atoms with E-state index in [-0.39, 0.29) is 18.3 Å². The van der Waals surface area contributed by atoms with Crippen molar-refractivity contribution in [2.75, 3.05) is 25.0 Å². The number of hydrogen-bond acceptors (Lipinski definition) is 3. The number of nitrogens with two attached hydrogens (primary N) is 1. The van der Waals surface area contributed by atoms with Crippen LogP contribution in [0.2, 0.25) is 0 Å². The molecular formula is C12H17FN2O. The van der Waals surface area contributed by atoms with Crippen LogP contribution in [0.1, 0.15) is 17.9 Å². The number of fused-ring (bicyclic) bond motifs is 1. The smallest absolute Gasteiger partial charge is 0.123 e. The molecule has 3 nitrogen and oxygen atoms in total. The first-order valence-corrected chi connectivity index (χ1v) is 5.52. The normalized spacial score (nSPS) is 21.8. The van der Waals surface area contributed by atoms with Crippen LogP contribution in [0.5, 0.6) is 0 Å². The fraction of sp³-hybridized carbons (Fsp3) is 0.500. The Balaban J connectivity index is 2.41. The number of halogens is 1. The molecule has 16 heavy (non-hydrogen) atoms. The highest BCUT2D eigenvalue weighted by Gasteiger charge is 2.28. The SMILES string of the molecule is CN1CCC(C(O)CN)c2cc(F)ccc21. The van der Waals surface area contributed by atoms with E-state index in [1.54, 1.807) is 6.07 Å². The summed E-state index contributed by atoms with van der Waals surface area (Å²) in [6.07, 6.45) is 0.222. The van der Waals surface area contributed by atoms with E-state index in [1.807, 2.05) is 7.05 Å². The predicted octanol–water partition coefficient (Wildman–Crippen LogP) is 1.07. The highest BCUT2D eigenvalue weighted by molar-refractivity contribution is 5.57. The summed E-state index contributed by atoms with van der Waals surface area (Å²) in [6, 6.07) is 4.72. The lowest BCUT2D eigenvalue weighted by atomic mass is 9.86. The van der Waals surface area contributed by atoms with Gasteiger partial charge in [0.05, 0.1) is 6.10 Å². The van der Waals surface area contributed by atoms with Crippen LogP contribution in [-0.2, 0) is 0 Å². The van der Waals surface area contributed by atoms with E-state index < -0.39 is 6.10 Å². The summed E-state index contributed by atoms with van der Waals surface area (Å²) in [4.78, 5) is 2.08. The van der Waals surface area contributed by atoms with Crippen molar-refractivity contribution in [2.45, 2.75) is 18.4 Å². The fourth-order valence-electron chi connectivity index (χ4n) is 2.34. The van der Waals surface area contributed by atoms with Crippen LogP contribution in [-0.4, -0.2) is 31.3 Å². The maximum Gasteiger partial charge on any atom is 0.123 e. The molecule has 2 rings (SSSR count). The Morgan fingerprint density at radius 3 is 3.06 bits per heavy atom. The third-order valence-corrected chi connectivity index (χ3v) is 3.28. The topological polar surface area (TPSA) is 49.5 Å². The van der Waals surface area contributed by atoms with E-state index in [1.165, 1.54) is 12.1 Å². The number of aliphatic hydroxyl groups excluding tert-OH is 1. The molecule has 0 radical (unpaired) electrons. The summed E-state index contributed by atoms with van der Waals surface area (Å²) in [7, 11) is 1.97. The average molecular weight is 224 g/mol. The molecule has 1 aliphatic heterocycles. The monoisotopic (exact) mass is 224 g/mol. The lowest BCUT2D eigenvalue weighted by Gasteiger charge is -2.35. The number of nitrogens with zero attached hydrogens (tertiary/aromatic N) is 1. The third-order valence-electron chi connectivity index (χ3n) is 3.28. The summed E-state index contributed by atoms with van der Waals surface area (Å²) in [5.74, 6) is -0.310. The van der Waals surface area contributed by atoms with Crippen LogP contribution < -0.4 is 10.6 Å². The van der Waals surface area contributed by atoms with Crippen LogP contribution in [0.25, 0.3) is 0 Å². The molecular weight excluding hydrogens is 207 g/mol. The molecule has 0 aliphatic carbocycles. The zero-order chi connectivity index (χ0) is 11.7. The van der Waals surface area contributed by atoms with Gasteiger partial charge < -0.3 is 15.7 Å². The van der Waals surface area contributed by atoms with E-state index in [4.69, 9.17) is 5.73 Å². The Hall–Kier alpha value is -1.13. The van der Waals surface area contributed by atoms with E-state index in [9.17, 15) is 9.50 Å². The van der Waals surface area contributed by atoms with E-state index in [0.717, 1.165) is 24.2 Å². The minimum absolute atomic E-state index is 0.0492. The highest BCUT2D eigenvalue weighted by atomic mass is 19.1. The van der Waals surface area contributed by atoms with Crippen molar-refractivity contribution in [1.82, 2.24) is 0 Å². The van der Waals surface area contributed by atoms with Gasteiger partial charge >= 0.3 is 0 Å². The molecule has 0 saturated carbocycles. The van der Waals surface area contributed by atoms with E-state index in [2.05, 4.69) is 4.90 Å². The molecule has 0 fully saturated rings. The lowest BCUT2D eigenvalue weighted by molar-refractivity contribution is 0.145. The minimum Gasteiger partial charge on any atom is -0.391 e. The number of anilines is 1. The van der Waals surface area contributed by atoms with Gasteiger partial charge in [0.25, 0.3) is 0 Å². The van der Waals surface area contributed by atoms with Gasteiger partial charge in [0.2, 0.25) is 0 Å². The Bertz CT molecular complexity index is 383. The fourth-order valence-corrected chi connectivity index (χ4v) is 2.34. The van der Waals surface area contributed by atoms with Crippen molar-refractivity contribution in [3.8, 4) is 0 Å². The maximum absolute atomic E-state index is 13.2. The van der Waals surface area contributed by atoms with Crippen LogP contribution in [0, 0.1) is 5.82 Å². The van der Waals surface area contributed by atoms with E-state index >= 15 is 0 Å². The highest BCUT2D eigenvalue weighted by Crippen LogP contribution is 2.36. The van der Waals surface area contributed by atoms with Crippen molar-refractivity contribution in [2.24, 2.45) is 5.73 Å². The number of benzene rings is 1. The molecule has 0 spiro atoms. The number of hydrogen-bond donors (Lipinski definition) is 2. The van der Waals surface area contributed by atoms with Crippen LogP contribution in [0.15, 0.2) is 18.2 Å². The van der Waals surface area contributed by atoms with Gasteiger partial charge in [0.1, 0.15) is 5.82 Å². The maximum atomic E-state index is 13.2. The van der Waals surface area contributed by atoms with Gasteiger partial charge in [-0.25, -0.2) is 4.39 Å². The van der Waals surface area contributed by atoms with Crippen LogP contribution in [0.3, 0.4) is 0 Å². The van der Waals surface area contributed by atoms with Crippen LogP contribution in [0.4, 0.5) is 10.1 Å². The Labute approximate surface area is 94.7 Å². The first-order valence-electron chi connectivity index (χ1n) is 5.52. The molecule has 88 valence electrons. The predicted molar refractivity (Wildman–Crippen MR) is 62.1 cm³/mol. The standard InChI is InChI=1S/C12H17FN2O/c1-15-5-4-9(12(16)7-14)10-6-8(13)2-3-11(10)15/h2-3,6,9,12,16H,4-5,7,14H2,1H3. The Morgan fingerprint density at radius 1 is 1.62 bits per heavy atom. The molecule has 0 amide bonds. The van der Waals surface area contributed by atoms with Gasteiger partial charge in [-0.1, -0.05) is 0 Å². The average Bonchev–Trinajstić information content (AvgIpc) is 2.28. The van der Waals surface area contributed by atoms with Gasteiger partial charge in [0.15, 0.2) is 0 Å². The molecule has 1 aromatic carbocycles. The Kier molecular flexibility index (Phi) is 3.12. The largest absolute Gasteiger partial charge is 0.391 e. The zero-order valence-corrected chi connectivity index (χ0v) is 9.36. The molecule has 3 N–H and O–H groups in total. The quantitative estimate of drug-likeness (QED) is 0.790. The molecule has 1 aromatic rings. The number of aliphatic hydroxyl groups is 1. The summed E-state index contributed by atoms with van der Waals surface area (Å²) < 4.78 is 13.2. The minimum atomic E-state index is -0.589. The molecule has 2 atom stereocenters. The zero-order valence-electron chi connectivity index (χ0n) is 9.36. The van der Waals surface area contributed by atoms with Crippen molar-refractivity contribution in [1.29, 1.82) is 0 Å². The van der Waals surface area contributed by atoms with Crippen molar-refractivity contribution in [3.63, 3.8) is 0 Å². The summed E-state index contributed by atoms with van der Waals surface area (Å²) >= 11 is 0. The third kappa shape index (κ3) is 1.90. The van der Waals surface area contributed by atoms with Crippen molar-refractivity contribution < 1.29 is 9.50 Å². The van der Waals surface area contributed by atoms with Gasteiger partial charge in [-0.15, -0.1) is 0 Å². The molecule has 1 heterocycles. The second-order valence-corrected chi connectivity index (χ2v) is 4.32. The second kappa shape index (κ2) is 4.39. The van der Waals surface area contributed by atoms with Gasteiger partial charge in [-0.05, 0) is 30.2 Å². The first kappa shape index (κ1) is 11.4. The lowest BCUT2D eigenvalue weighted by Crippen LogP contribution is -2.35. The Morgan fingerprint density at radius 2 is 2.38 bits per heavy atom. The summed E-state index contributed by atoms with van der Waals surface area (Å²) in [6.45, 7) is 1.07. The first-order chi connectivity index (χ1) is 7.63. The molecule has 0 bridgehead atoms. The number of rotatable bonds is 2. The second-order valence-electron chi connectivity index (χ2n) is 4.32. The summed E-state index contributed by atoms with van der Waals surface area (Å²) in [5.41, 5.74) is 7.33. The van der Waals surface area contributed by atoms with Gasteiger partial charge in [-0.3, -0.25) is 0 Å². The van der Waals surface area contributed by atoms with E-state index in [0.29, 0.717) is 0 Å². The van der Waals surface area contributed by atoms with Crippen LogP contribution >= 0.6 is 0 Å². The molecule has 1 aliphatic rings. The van der Waals surface area contributed by atoms with Gasteiger partial charge in [-0.2, -0.15) is 0 Å². The summed E-state index contributed by atoms with van der Waals surface area (Å²) in [5, 5.41) is 9.84. The molecule has 4 heteroatoms. The van der Waals surface area contributed by atoms with Gasteiger partial charge in [0, 0.05) is 31.7 Å². The molecule has 2 unspecified atom stereocenters.